The van der Waals surface area contributed by atoms with Crippen molar-refractivity contribution in [3.63, 3.8) is 0 Å². The Hall–Kier alpha value is 0.210. The Kier molecular flexibility index (Phi) is 3.02. The van der Waals surface area contributed by atoms with Gasteiger partial charge in [-0.05, 0) is 31.6 Å². The van der Waals surface area contributed by atoms with E-state index in [2.05, 4.69) is 12.2 Å². The van der Waals surface area contributed by atoms with E-state index in [1.807, 2.05) is 0 Å². The average Bonchev–Trinajstić information content (AvgIpc) is 1.84. The Labute approximate surface area is 80.1 Å². The van der Waals surface area contributed by atoms with Gasteiger partial charge in [0.2, 0.25) is 0 Å². The number of rotatable bonds is 2. The molecule has 0 amide bonds. The third-order valence-corrected chi connectivity index (χ3v) is 3.16. The molecule has 3 rings (SSSR count). The molecule has 0 radical (unpaired) electrons. The van der Waals surface area contributed by atoms with E-state index in [4.69, 9.17) is 5.11 Å². The van der Waals surface area contributed by atoms with E-state index in [0.717, 1.165) is 18.4 Å². The zero-order chi connectivity index (χ0) is 7.90. The molecule has 2 saturated heterocycles. The fraction of sp³-hybridized carbons (Fsp3) is 1.00. The minimum Gasteiger partial charge on any atom is -0.396 e. The molecular weight excluding hydrogens is 174 g/mol. The summed E-state index contributed by atoms with van der Waals surface area (Å²) in [5.41, 5.74) is 0.344. The van der Waals surface area contributed by atoms with E-state index >= 15 is 0 Å². The summed E-state index contributed by atoms with van der Waals surface area (Å²) in [4.78, 5) is 0. The number of halogens is 1. The Morgan fingerprint density at radius 1 is 1.50 bits per heavy atom. The van der Waals surface area contributed by atoms with Gasteiger partial charge in [-0.15, -0.1) is 12.4 Å². The van der Waals surface area contributed by atoms with Gasteiger partial charge >= 0.3 is 0 Å². The van der Waals surface area contributed by atoms with Gasteiger partial charge < -0.3 is 10.4 Å². The Bertz CT molecular complexity index is 151. The fourth-order valence-electron chi connectivity index (χ4n) is 2.89. The van der Waals surface area contributed by atoms with Crippen molar-refractivity contribution >= 4 is 12.4 Å². The van der Waals surface area contributed by atoms with Crippen LogP contribution in [0.5, 0.6) is 0 Å². The molecule has 72 valence electrons. The molecule has 2 nitrogen and oxygen atoms in total. The minimum atomic E-state index is 0. The molecule has 3 aliphatic rings. The van der Waals surface area contributed by atoms with Crippen molar-refractivity contribution in [2.24, 2.45) is 5.92 Å². The van der Waals surface area contributed by atoms with Gasteiger partial charge in [-0.1, -0.05) is 6.92 Å². The summed E-state index contributed by atoms with van der Waals surface area (Å²) in [5.74, 6) is 0.863. The van der Waals surface area contributed by atoms with Gasteiger partial charge in [-0.3, -0.25) is 0 Å². The van der Waals surface area contributed by atoms with Gasteiger partial charge in [0, 0.05) is 18.2 Å². The van der Waals surface area contributed by atoms with E-state index in [0.29, 0.717) is 12.1 Å². The van der Waals surface area contributed by atoms with Crippen LogP contribution in [-0.2, 0) is 0 Å². The normalized spacial score (nSPS) is 44.5. The summed E-state index contributed by atoms with van der Waals surface area (Å²) < 4.78 is 0. The molecule has 2 heterocycles. The summed E-state index contributed by atoms with van der Waals surface area (Å²) in [6, 6.07) is 0.769. The van der Waals surface area contributed by atoms with Crippen molar-refractivity contribution in [3.8, 4) is 0 Å². The molecule has 3 fully saturated rings. The van der Waals surface area contributed by atoms with Crippen molar-refractivity contribution in [1.29, 1.82) is 0 Å². The van der Waals surface area contributed by atoms with E-state index in [9.17, 15) is 0 Å². The summed E-state index contributed by atoms with van der Waals surface area (Å²) >= 11 is 0. The maximum absolute atomic E-state index is 8.85. The third kappa shape index (κ3) is 1.61. The van der Waals surface area contributed by atoms with Crippen LogP contribution in [0.3, 0.4) is 0 Å². The molecule has 0 aromatic rings. The molecule has 12 heavy (non-hydrogen) atoms. The van der Waals surface area contributed by atoms with Gasteiger partial charge in [-0.2, -0.15) is 0 Å². The first-order chi connectivity index (χ1) is 5.24. The zero-order valence-electron chi connectivity index (χ0n) is 7.55. The lowest BCUT2D eigenvalue weighted by molar-refractivity contribution is 0.0187. The summed E-state index contributed by atoms with van der Waals surface area (Å²) in [7, 11) is 0. The SMILES string of the molecule is CC1CC2CC(CCO)(C1)N2.Cl. The van der Waals surface area contributed by atoms with Crippen LogP contribution in [0, 0.1) is 5.92 Å². The molecule has 0 aromatic carbocycles. The first-order valence-corrected chi connectivity index (χ1v) is 4.63. The van der Waals surface area contributed by atoms with Crippen LogP contribution in [0.25, 0.3) is 0 Å². The topological polar surface area (TPSA) is 32.3 Å². The number of aliphatic hydroxyl groups is 1. The lowest BCUT2D eigenvalue weighted by Gasteiger charge is -2.56. The predicted octanol–water partition coefficient (Wildman–Crippen LogP) is 1.32. The quantitative estimate of drug-likeness (QED) is 0.690. The van der Waals surface area contributed by atoms with E-state index < -0.39 is 0 Å². The van der Waals surface area contributed by atoms with Crippen LogP contribution in [0.15, 0.2) is 0 Å². The standard InChI is InChI=1S/C9H17NO.ClH/c1-7-4-8-6-9(5-7,10-8)2-3-11;/h7-8,10-11H,2-6H2,1H3;1H. The smallest absolute Gasteiger partial charge is 0.0448 e. The average molecular weight is 192 g/mol. The molecule has 2 aliphatic heterocycles. The second-order valence-electron chi connectivity index (χ2n) is 4.34. The molecule has 1 aliphatic carbocycles. The fourth-order valence-corrected chi connectivity index (χ4v) is 2.89. The number of piperidine rings is 1. The van der Waals surface area contributed by atoms with Gasteiger partial charge in [0.15, 0.2) is 0 Å². The number of hydrogen-bond donors (Lipinski definition) is 2. The summed E-state index contributed by atoms with van der Waals surface area (Å²) in [6.45, 7) is 2.66. The Balaban J connectivity index is 0.000000720. The molecule has 3 atom stereocenters. The number of hydrogen-bond acceptors (Lipinski definition) is 2. The molecule has 2 N–H and O–H groups in total. The first-order valence-electron chi connectivity index (χ1n) is 4.63. The molecule has 0 spiro atoms. The first kappa shape index (κ1) is 10.3. The minimum absolute atomic E-state index is 0. The third-order valence-electron chi connectivity index (χ3n) is 3.16. The maximum atomic E-state index is 8.85. The highest BCUT2D eigenvalue weighted by Crippen LogP contribution is 2.42. The van der Waals surface area contributed by atoms with Crippen molar-refractivity contribution in [3.05, 3.63) is 0 Å². The number of fused-ring (bicyclic) bond motifs is 2. The molecule has 3 unspecified atom stereocenters. The van der Waals surface area contributed by atoms with Gasteiger partial charge in [-0.25, -0.2) is 0 Å². The molecule has 3 heteroatoms. The van der Waals surface area contributed by atoms with Gasteiger partial charge in [0.1, 0.15) is 0 Å². The lowest BCUT2D eigenvalue weighted by atomic mass is 9.65. The monoisotopic (exact) mass is 191 g/mol. The van der Waals surface area contributed by atoms with Gasteiger partial charge in [0.25, 0.3) is 0 Å². The molecule has 1 saturated carbocycles. The van der Waals surface area contributed by atoms with E-state index in [1.54, 1.807) is 0 Å². The highest BCUT2D eigenvalue weighted by molar-refractivity contribution is 5.85. The van der Waals surface area contributed by atoms with E-state index in [1.165, 1.54) is 19.3 Å². The van der Waals surface area contributed by atoms with Crippen LogP contribution in [0.2, 0.25) is 0 Å². The summed E-state index contributed by atoms with van der Waals surface area (Å²) in [6.07, 6.45) is 4.86. The van der Waals surface area contributed by atoms with E-state index in [-0.39, 0.29) is 12.4 Å². The van der Waals surface area contributed by atoms with Crippen molar-refractivity contribution in [2.45, 2.75) is 44.2 Å². The van der Waals surface area contributed by atoms with Crippen molar-refractivity contribution in [1.82, 2.24) is 5.32 Å². The Morgan fingerprint density at radius 2 is 2.17 bits per heavy atom. The largest absolute Gasteiger partial charge is 0.396 e. The zero-order valence-corrected chi connectivity index (χ0v) is 8.36. The second-order valence-corrected chi connectivity index (χ2v) is 4.34. The maximum Gasteiger partial charge on any atom is 0.0448 e. The molecular formula is C9H18ClNO. The number of nitrogens with one attached hydrogen (secondary N) is 1. The van der Waals surface area contributed by atoms with Crippen LogP contribution in [0.4, 0.5) is 0 Å². The summed E-state index contributed by atoms with van der Waals surface area (Å²) in [5, 5.41) is 12.4. The Morgan fingerprint density at radius 3 is 2.67 bits per heavy atom. The predicted molar refractivity (Wildman–Crippen MR) is 51.6 cm³/mol. The van der Waals surface area contributed by atoms with Crippen LogP contribution in [0.1, 0.15) is 32.6 Å². The highest BCUT2D eigenvalue weighted by atomic mass is 35.5. The molecule has 0 aromatic heterocycles. The van der Waals surface area contributed by atoms with Crippen molar-refractivity contribution < 1.29 is 5.11 Å². The van der Waals surface area contributed by atoms with Crippen LogP contribution < -0.4 is 5.32 Å². The highest BCUT2D eigenvalue weighted by Gasteiger charge is 2.47. The van der Waals surface area contributed by atoms with Crippen LogP contribution >= 0.6 is 12.4 Å². The lowest BCUT2D eigenvalue weighted by Crippen LogP contribution is -2.68. The van der Waals surface area contributed by atoms with Crippen LogP contribution in [-0.4, -0.2) is 23.3 Å². The molecule has 2 bridgehead atoms. The van der Waals surface area contributed by atoms with Crippen molar-refractivity contribution in [2.75, 3.05) is 6.61 Å². The van der Waals surface area contributed by atoms with Gasteiger partial charge in [0.05, 0.1) is 0 Å². The number of aliphatic hydroxyl groups excluding tert-OH is 1. The second kappa shape index (κ2) is 3.52.